The first-order valence-electron chi connectivity index (χ1n) is 7.27. The maximum Gasteiger partial charge on any atom is 0.260 e. The van der Waals surface area contributed by atoms with Crippen molar-refractivity contribution in [3.8, 4) is 5.75 Å². The molecule has 1 aromatic rings. The van der Waals surface area contributed by atoms with Crippen LogP contribution in [-0.2, 0) is 9.53 Å². The fraction of sp³-hybridized carbons (Fsp3) is 0.562. The van der Waals surface area contributed by atoms with Gasteiger partial charge in [0.2, 0.25) is 0 Å². The zero-order valence-corrected chi connectivity index (χ0v) is 14.4. The molecule has 0 radical (unpaired) electrons. The van der Waals surface area contributed by atoms with E-state index in [1.807, 2.05) is 13.0 Å². The molecule has 1 saturated heterocycles. The molecule has 0 unspecified atom stereocenters. The third-order valence-corrected chi connectivity index (χ3v) is 4.48. The van der Waals surface area contributed by atoms with Gasteiger partial charge in [-0.25, -0.2) is 0 Å². The molecule has 1 heterocycles. The van der Waals surface area contributed by atoms with Crippen LogP contribution in [0.4, 0.5) is 0 Å². The second-order valence-electron chi connectivity index (χ2n) is 5.58. The minimum atomic E-state index is 0.0218. The van der Waals surface area contributed by atoms with E-state index < -0.39 is 0 Å². The van der Waals surface area contributed by atoms with Crippen LogP contribution in [0.5, 0.6) is 5.75 Å². The number of morpholine rings is 1. The summed E-state index contributed by atoms with van der Waals surface area (Å²) in [5.74, 6) is 1.16. The van der Waals surface area contributed by atoms with Gasteiger partial charge in [-0.1, -0.05) is 29.8 Å². The van der Waals surface area contributed by atoms with Gasteiger partial charge in [-0.2, -0.15) is 0 Å². The summed E-state index contributed by atoms with van der Waals surface area (Å²) in [6, 6.07) is 4.07. The third-order valence-electron chi connectivity index (χ3n) is 3.63. The van der Waals surface area contributed by atoms with Gasteiger partial charge in [-0.3, -0.25) is 4.79 Å². The van der Waals surface area contributed by atoms with Crippen molar-refractivity contribution in [3.05, 3.63) is 27.7 Å². The molecule has 4 nitrogen and oxygen atoms in total. The zero-order valence-electron chi connectivity index (χ0n) is 12.8. The van der Waals surface area contributed by atoms with Crippen molar-refractivity contribution in [1.29, 1.82) is 0 Å². The molecule has 1 aliphatic rings. The van der Waals surface area contributed by atoms with Gasteiger partial charge in [0.05, 0.1) is 13.2 Å². The smallest absolute Gasteiger partial charge is 0.260 e. The van der Waals surface area contributed by atoms with E-state index in [1.165, 1.54) is 0 Å². The van der Waals surface area contributed by atoms with E-state index in [-0.39, 0.29) is 12.5 Å². The summed E-state index contributed by atoms with van der Waals surface area (Å²) in [5, 5.41) is 0. The third kappa shape index (κ3) is 4.20. The van der Waals surface area contributed by atoms with E-state index in [0.29, 0.717) is 32.2 Å². The number of halogens is 1. The molecule has 0 saturated carbocycles. The first-order chi connectivity index (χ1) is 9.99. The Bertz CT molecular complexity index is 510. The van der Waals surface area contributed by atoms with E-state index in [0.717, 1.165) is 21.3 Å². The monoisotopic (exact) mass is 355 g/mol. The number of aryl methyl sites for hydroxylation is 1. The number of rotatable bonds is 4. The van der Waals surface area contributed by atoms with Crippen LogP contribution < -0.4 is 4.74 Å². The average Bonchev–Trinajstić information content (AvgIpc) is 2.48. The number of hydrogen-bond acceptors (Lipinski definition) is 3. The highest BCUT2D eigenvalue weighted by atomic mass is 79.9. The SMILES string of the molecule is Cc1cc(OCC(=O)N2CCOCC2)c(C(C)C)cc1Br. The fourth-order valence-electron chi connectivity index (χ4n) is 2.29. The second kappa shape index (κ2) is 7.27. The van der Waals surface area contributed by atoms with E-state index >= 15 is 0 Å². The van der Waals surface area contributed by atoms with E-state index in [4.69, 9.17) is 9.47 Å². The molecular weight excluding hydrogens is 334 g/mol. The van der Waals surface area contributed by atoms with Gasteiger partial charge in [0, 0.05) is 17.6 Å². The molecule has 116 valence electrons. The van der Waals surface area contributed by atoms with Crippen molar-refractivity contribution in [2.24, 2.45) is 0 Å². The van der Waals surface area contributed by atoms with Crippen molar-refractivity contribution in [1.82, 2.24) is 4.90 Å². The highest BCUT2D eigenvalue weighted by Gasteiger charge is 2.18. The molecule has 0 aliphatic carbocycles. The Hall–Kier alpha value is -1.07. The van der Waals surface area contributed by atoms with Gasteiger partial charge in [-0.05, 0) is 36.1 Å². The first kappa shape index (κ1) is 16.3. The molecule has 0 spiro atoms. The van der Waals surface area contributed by atoms with Gasteiger partial charge in [-0.15, -0.1) is 0 Å². The summed E-state index contributed by atoms with van der Waals surface area (Å²) >= 11 is 3.55. The predicted octanol–water partition coefficient (Wildman–Crippen LogP) is 3.12. The Morgan fingerprint density at radius 1 is 1.38 bits per heavy atom. The van der Waals surface area contributed by atoms with Crippen molar-refractivity contribution in [2.45, 2.75) is 26.7 Å². The average molecular weight is 356 g/mol. The molecule has 0 aromatic heterocycles. The number of nitrogens with zero attached hydrogens (tertiary/aromatic N) is 1. The lowest BCUT2D eigenvalue weighted by Gasteiger charge is -2.27. The summed E-state index contributed by atoms with van der Waals surface area (Å²) in [7, 11) is 0. The minimum absolute atomic E-state index is 0.0218. The highest BCUT2D eigenvalue weighted by molar-refractivity contribution is 9.10. The summed E-state index contributed by atoms with van der Waals surface area (Å²) in [6.07, 6.45) is 0. The molecule has 1 fully saturated rings. The van der Waals surface area contributed by atoms with Crippen LogP contribution in [0.3, 0.4) is 0 Å². The van der Waals surface area contributed by atoms with Crippen molar-refractivity contribution >= 4 is 21.8 Å². The molecule has 5 heteroatoms. The lowest BCUT2D eigenvalue weighted by atomic mass is 10.0. The first-order valence-corrected chi connectivity index (χ1v) is 8.06. The molecule has 1 aromatic carbocycles. The number of ether oxygens (including phenoxy) is 2. The van der Waals surface area contributed by atoms with Crippen molar-refractivity contribution < 1.29 is 14.3 Å². The van der Waals surface area contributed by atoms with Crippen molar-refractivity contribution in [3.63, 3.8) is 0 Å². The zero-order chi connectivity index (χ0) is 15.4. The molecule has 0 atom stereocenters. The molecular formula is C16H22BrNO3. The quantitative estimate of drug-likeness (QED) is 0.832. The lowest BCUT2D eigenvalue weighted by molar-refractivity contribution is -0.137. The summed E-state index contributed by atoms with van der Waals surface area (Å²) in [6.45, 7) is 8.87. The Morgan fingerprint density at radius 2 is 2.05 bits per heavy atom. The van der Waals surface area contributed by atoms with Gasteiger partial charge < -0.3 is 14.4 Å². The maximum atomic E-state index is 12.1. The summed E-state index contributed by atoms with van der Waals surface area (Å²) in [5.41, 5.74) is 2.22. The van der Waals surface area contributed by atoms with Crippen LogP contribution in [0.15, 0.2) is 16.6 Å². The Labute approximate surface area is 134 Å². The maximum absolute atomic E-state index is 12.1. The molecule has 0 N–H and O–H groups in total. The van der Waals surface area contributed by atoms with Gasteiger partial charge in [0.15, 0.2) is 6.61 Å². The molecule has 1 aliphatic heterocycles. The summed E-state index contributed by atoms with van der Waals surface area (Å²) < 4.78 is 12.1. The second-order valence-corrected chi connectivity index (χ2v) is 6.43. The van der Waals surface area contributed by atoms with Crippen LogP contribution in [0.2, 0.25) is 0 Å². The fourth-order valence-corrected chi connectivity index (χ4v) is 2.65. The van der Waals surface area contributed by atoms with Gasteiger partial charge in [0.1, 0.15) is 5.75 Å². The lowest BCUT2D eigenvalue weighted by Crippen LogP contribution is -2.43. The van der Waals surface area contributed by atoms with Crippen LogP contribution in [0, 0.1) is 6.92 Å². The van der Waals surface area contributed by atoms with E-state index in [2.05, 4.69) is 35.8 Å². The molecule has 0 bridgehead atoms. The number of amides is 1. The normalized spacial score (nSPS) is 15.4. The highest BCUT2D eigenvalue weighted by Crippen LogP contribution is 2.32. The summed E-state index contributed by atoms with van der Waals surface area (Å²) in [4.78, 5) is 13.9. The Morgan fingerprint density at radius 3 is 2.67 bits per heavy atom. The molecule has 21 heavy (non-hydrogen) atoms. The predicted molar refractivity (Wildman–Crippen MR) is 85.9 cm³/mol. The molecule has 2 rings (SSSR count). The Kier molecular flexibility index (Phi) is 5.65. The topological polar surface area (TPSA) is 38.8 Å². The van der Waals surface area contributed by atoms with Gasteiger partial charge >= 0.3 is 0 Å². The Balaban J connectivity index is 2.05. The van der Waals surface area contributed by atoms with Gasteiger partial charge in [0.25, 0.3) is 5.91 Å². The molecule has 1 amide bonds. The number of benzene rings is 1. The standard InChI is InChI=1S/C16H22BrNO3/c1-11(2)13-9-14(17)12(3)8-15(13)21-10-16(19)18-4-6-20-7-5-18/h8-9,11H,4-7,10H2,1-3H3. The van der Waals surface area contributed by atoms with Crippen LogP contribution in [0.25, 0.3) is 0 Å². The van der Waals surface area contributed by atoms with Crippen LogP contribution >= 0.6 is 15.9 Å². The minimum Gasteiger partial charge on any atom is -0.483 e. The number of carbonyl (C=O) groups is 1. The van der Waals surface area contributed by atoms with Crippen LogP contribution in [0.1, 0.15) is 30.9 Å². The van der Waals surface area contributed by atoms with Crippen LogP contribution in [-0.4, -0.2) is 43.7 Å². The number of carbonyl (C=O) groups excluding carboxylic acids is 1. The largest absolute Gasteiger partial charge is 0.483 e. The van der Waals surface area contributed by atoms with E-state index in [9.17, 15) is 4.79 Å². The van der Waals surface area contributed by atoms with E-state index in [1.54, 1.807) is 4.90 Å². The number of hydrogen-bond donors (Lipinski definition) is 0. The van der Waals surface area contributed by atoms with Crippen molar-refractivity contribution in [2.75, 3.05) is 32.9 Å².